The Balaban J connectivity index is 1.79. The lowest BCUT2D eigenvalue weighted by Gasteiger charge is -2.22. The summed E-state index contributed by atoms with van der Waals surface area (Å²) in [5.74, 6) is 2.04. The molecule has 0 aliphatic carbocycles. The third-order valence-electron chi connectivity index (χ3n) is 2.81. The molecule has 1 N–H and O–H groups in total. The lowest BCUT2D eigenvalue weighted by Crippen LogP contribution is -2.33. The Morgan fingerprint density at radius 3 is 3.06 bits per heavy atom. The van der Waals surface area contributed by atoms with Crippen molar-refractivity contribution < 1.29 is 9.47 Å². The summed E-state index contributed by atoms with van der Waals surface area (Å²) in [5, 5.41) is 3.37. The Bertz CT molecular complexity index is 307. The quantitative estimate of drug-likeness (QED) is 0.837. The normalized spacial score (nSPS) is 20.4. The molecule has 1 aromatic heterocycles. The molecular formula is C12H18N2O2. The van der Waals surface area contributed by atoms with E-state index in [0.29, 0.717) is 11.8 Å². The van der Waals surface area contributed by atoms with Crippen LogP contribution in [-0.4, -0.2) is 31.8 Å². The Morgan fingerprint density at radius 2 is 2.44 bits per heavy atom. The minimum Gasteiger partial charge on any atom is -0.495 e. The highest BCUT2D eigenvalue weighted by molar-refractivity contribution is 5.22. The Morgan fingerprint density at radius 1 is 1.50 bits per heavy atom. The molecule has 0 radical (unpaired) electrons. The van der Waals surface area contributed by atoms with Crippen LogP contribution in [0.3, 0.4) is 0 Å². The molecule has 1 fully saturated rings. The Kier molecular flexibility index (Phi) is 3.99. The fraction of sp³-hybridized carbons (Fsp3) is 0.583. The lowest BCUT2D eigenvalue weighted by molar-refractivity contribution is 0.212. The van der Waals surface area contributed by atoms with Gasteiger partial charge in [0.15, 0.2) is 0 Å². The molecular weight excluding hydrogens is 204 g/mol. The third-order valence-corrected chi connectivity index (χ3v) is 2.81. The molecule has 0 aromatic carbocycles. The molecule has 2 heterocycles. The second kappa shape index (κ2) is 5.70. The number of ether oxygens (including phenoxy) is 2. The summed E-state index contributed by atoms with van der Waals surface area (Å²) in [5.41, 5.74) is 0. The number of hydrogen-bond donors (Lipinski definition) is 1. The van der Waals surface area contributed by atoms with Crippen LogP contribution in [0.4, 0.5) is 0 Å². The second-order valence-corrected chi connectivity index (χ2v) is 4.06. The number of nitrogens with one attached hydrogen (secondary N) is 1. The van der Waals surface area contributed by atoms with Crippen LogP contribution < -0.4 is 14.8 Å². The zero-order chi connectivity index (χ0) is 11.2. The molecule has 0 bridgehead atoms. The zero-order valence-electron chi connectivity index (χ0n) is 9.61. The SMILES string of the molecule is COc1ccc(OCC2CCCNC2)nc1. The van der Waals surface area contributed by atoms with Gasteiger partial charge in [0.1, 0.15) is 5.75 Å². The van der Waals surface area contributed by atoms with E-state index in [4.69, 9.17) is 9.47 Å². The van der Waals surface area contributed by atoms with Crippen molar-refractivity contribution in [3.05, 3.63) is 18.3 Å². The van der Waals surface area contributed by atoms with E-state index in [9.17, 15) is 0 Å². The number of nitrogens with zero attached hydrogens (tertiary/aromatic N) is 1. The monoisotopic (exact) mass is 222 g/mol. The number of rotatable bonds is 4. The summed E-state index contributed by atoms with van der Waals surface area (Å²) >= 11 is 0. The van der Waals surface area contributed by atoms with E-state index in [0.717, 1.165) is 25.4 Å². The predicted molar refractivity (Wildman–Crippen MR) is 61.9 cm³/mol. The van der Waals surface area contributed by atoms with Crippen LogP contribution in [0.2, 0.25) is 0 Å². The number of hydrogen-bond acceptors (Lipinski definition) is 4. The molecule has 1 aliphatic heterocycles. The van der Waals surface area contributed by atoms with Gasteiger partial charge in [-0.05, 0) is 25.5 Å². The summed E-state index contributed by atoms with van der Waals surface area (Å²) in [4.78, 5) is 4.17. The molecule has 2 rings (SSSR count). The number of aromatic nitrogens is 1. The van der Waals surface area contributed by atoms with E-state index < -0.39 is 0 Å². The molecule has 1 aliphatic rings. The zero-order valence-corrected chi connectivity index (χ0v) is 9.61. The topological polar surface area (TPSA) is 43.4 Å². The highest BCUT2D eigenvalue weighted by Crippen LogP contribution is 2.15. The fourth-order valence-corrected chi connectivity index (χ4v) is 1.84. The molecule has 4 heteroatoms. The van der Waals surface area contributed by atoms with Gasteiger partial charge in [0, 0.05) is 18.5 Å². The first-order chi connectivity index (χ1) is 7.88. The number of piperidine rings is 1. The van der Waals surface area contributed by atoms with Gasteiger partial charge < -0.3 is 14.8 Å². The van der Waals surface area contributed by atoms with E-state index in [-0.39, 0.29) is 0 Å². The smallest absolute Gasteiger partial charge is 0.213 e. The lowest BCUT2D eigenvalue weighted by atomic mass is 10.0. The second-order valence-electron chi connectivity index (χ2n) is 4.06. The maximum Gasteiger partial charge on any atom is 0.213 e. The van der Waals surface area contributed by atoms with Crippen LogP contribution in [0.1, 0.15) is 12.8 Å². The van der Waals surface area contributed by atoms with Gasteiger partial charge in [-0.15, -0.1) is 0 Å². The summed E-state index contributed by atoms with van der Waals surface area (Å²) in [6.45, 7) is 2.93. The Labute approximate surface area is 96.0 Å². The molecule has 0 amide bonds. The van der Waals surface area contributed by atoms with E-state index >= 15 is 0 Å². The van der Waals surface area contributed by atoms with Gasteiger partial charge >= 0.3 is 0 Å². The van der Waals surface area contributed by atoms with Crippen molar-refractivity contribution in [2.45, 2.75) is 12.8 Å². The molecule has 1 unspecified atom stereocenters. The van der Waals surface area contributed by atoms with Gasteiger partial charge in [-0.3, -0.25) is 0 Å². The highest BCUT2D eigenvalue weighted by Gasteiger charge is 2.13. The van der Waals surface area contributed by atoms with Gasteiger partial charge in [-0.1, -0.05) is 0 Å². The molecule has 1 aromatic rings. The van der Waals surface area contributed by atoms with Gasteiger partial charge in [0.25, 0.3) is 0 Å². The first-order valence-electron chi connectivity index (χ1n) is 5.72. The van der Waals surface area contributed by atoms with E-state index in [1.807, 2.05) is 12.1 Å². The number of methoxy groups -OCH3 is 1. The first kappa shape index (κ1) is 11.2. The Hall–Kier alpha value is -1.29. The summed E-state index contributed by atoms with van der Waals surface area (Å²) in [6.07, 6.45) is 4.15. The third kappa shape index (κ3) is 3.10. The van der Waals surface area contributed by atoms with Gasteiger partial charge in [0.05, 0.1) is 19.9 Å². The molecule has 0 spiro atoms. The molecule has 88 valence electrons. The van der Waals surface area contributed by atoms with Crippen molar-refractivity contribution in [1.82, 2.24) is 10.3 Å². The van der Waals surface area contributed by atoms with Crippen molar-refractivity contribution in [3.8, 4) is 11.6 Å². The highest BCUT2D eigenvalue weighted by atomic mass is 16.5. The minimum atomic E-state index is 0.609. The van der Waals surface area contributed by atoms with Crippen molar-refractivity contribution in [2.24, 2.45) is 5.92 Å². The summed E-state index contributed by atoms with van der Waals surface area (Å²) in [7, 11) is 1.63. The predicted octanol–water partition coefficient (Wildman–Crippen LogP) is 1.47. The van der Waals surface area contributed by atoms with Crippen LogP contribution in [0, 0.1) is 5.92 Å². The van der Waals surface area contributed by atoms with Crippen LogP contribution in [0.5, 0.6) is 11.6 Å². The average molecular weight is 222 g/mol. The first-order valence-corrected chi connectivity index (χ1v) is 5.72. The van der Waals surface area contributed by atoms with Gasteiger partial charge in [-0.2, -0.15) is 0 Å². The van der Waals surface area contributed by atoms with Crippen molar-refractivity contribution in [2.75, 3.05) is 26.8 Å². The van der Waals surface area contributed by atoms with Crippen molar-refractivity contribution in [1.29, 1.82) is 0 Å². The van der Waals surface area contributed by atoms with E-state index in [2.05, 4.69) is 10.3 Å². The van der Waals surface area contributed by atoms with Gasteiger partial charge in [-0.25, -0.2) is 4.98 Å². The van der Waals surface area contributed by atoms with Gasteiger partial charge in [0.2, 0.25) is 5.88 Å². The van der Waals surface area contributed by atoms with Crippen LogP contribution in [0.15, 0.2) is 18.3 Å². The van der Waals surface area contributed by atoms with Crippen molar-refractivity contribution in [3.63, 3.8) is 0 Å². The minimum absolute atomic E-state index is 0.609. The molecule has 1 atom stereocenters. The van der Waals surface area contributed by atoms with E-state index in [1.165, 1.54) is 12.8 Å². The molecule has 0 saturated carbocycles. The number of pyridine rings is 1. The summed E-state index contributed by atoms with van der Waals surface area (Å²) < 4.78 is 10.7. The van der Waals surface area contributed by atoms with Crippen LogP contribution in [0.25, 0.3) is 0 Å². The van der Waals surface area contributed by atoms with E-state index in [1.54, 1.807) is 13.3 Å². The largest absolute Gasteiger partial charge is 0.495 e. The average Bonchev–Trinajstić information content (AvgIpc) is 2.38. The summed E-state index contributed by atoms with van der Waals surface area (Å²) in [6, 6.07) is 3.70. The van der Waals surface area contributed by atoms with Crippen molar-refractivity contribution >= 4 is 0 Å². The van der Waals surface area contributed by atoms with Crippen LogP contribution >= 0.6 is 0 Å². The molecule has 16 heavy (non-hydrogen) atoms. The maximum atomic E-state index is 5.64. The maximum absolute atomic E-state index is 5.64. The fourth-order valence-electron chi connectivity index (χ4n) is 1.84. The van der Waals surface area contributed by atoms with Crippen LogP contribution in [-0.2, 0) is 0 Å². The molecule has 4 nitrogen and oxygen atoms in total. The standard InChI is InChI=1S/C12H18N2O2/c1-15-11-4-5-12(14-8-11)16-9-10-3-2-6-13-7-10/h4-5,8,10,13H,2-3,6-7,9H2,1H3. The molecule has 1 saturated heterocycles.